The number of nitrogens with one attached hydrogen (secondary N) is 1. The molecule has 1 aromatic carbocycles. The van der Waals surface area contributed by atoms with E-state index in [-0.39, 0.29) is 17.7 Å². The normalized spacial score (nSPS) is 11.6. The van der Waals surface area contributed by atoms with Gasteiger partial charge in [0.1, 0.15) is 11.5 Å². The van der Waals surface area contributed by atoms with E-state index in [9.17, 15) is 26.8 Å². The van der Waals surface area contributed by atoms with Crippen LogP contribution in [-0.2, 0) is 16.4 Å². The number of amides is 1. The Hall–Kier alpha value is -4.19. The van der Waals surface area contributed by atoms with Crippen LogP contribution < -0.4 is 15.8 Å². The predicted octanol–water partition coefficient (Wildman–Crippen LogP) is 2.77. The summed E-state index contributed by atoms with van der Waals surface area (Å²) in [6.07, 6.45) is 3.19. The summed E-state index contributed by atoms with van der Waals surface area (Å²) in [5.74, 6) is -3.83. The molecule has 0 unspecified atom stereocenters. The molecule has 0 saturated heterocycles. The zero-order valence-corrected chi connectivity index (χ0v) is 20.0. The lowest BCUT2D eigenvalue weighted by atomic mass is 10.2. The third-order valence-electron chi connectivity index (χ3n) is 5.36. The molecular weight excluding hydrogens is 492 g/mol. The van der Waals surface area contributed by atoms with E-state index in [1.807, 2.05) is 0 Å². The zero-order chi connectivity index (χ0) is 26.0. The van der Waals surface area contributed by atoms with E-state index < -0.39 is 26.4 Å². The monoisotopic (exact) mass is 513 g/mol. The topological polar surface area (TPSA) is 114 Å². The number of hydrogen-bond acceptors (Lipinski definition) is 7. The number of benzene rings is 1. The molecule has 186 valence electrons. The van der Waals surface area contributed by atoms with Gasteiger partial charge in [-0.1, -0.05) is 6.07 Å². The van der Waals surface area contributed by atoms with Crippen molar-refractivity contribution in [1.29, 1.82) is 0 Å². The van der Waals surface area contributed by atoms with E-state index in [1.165, 1.54) is 16.7 Å². The van der Waals surface area contributed by atoms with Gasteiger partial charge in [0.15, 0.2) is 0 Å². The number of fused-ring (bicyclic) bond motifs is 1. The minimum Gasteiger partial charge on any atom is -0.373 e. The second-order valence-electron chi connectivity index (χ2n) is 8.02. The van der Waals surface area contributed by atoms with Crippen molar-refractivity contribution >= 4 is 32.3 Å². The first kappa shape index (κ1) is 24.9. The van der Waals surface area contributed by atoms with Crippen LogP contribution in [0.4, 0.5) is 14.5 Å². The largest absolute Gasteiger partial charge is 0.373 e. The van der Waals surface area contributed by atoms with Gasteiger partial charge in [0.05, 0.1) is 22.7 Å². The molecule has 0 saturated carbocycles. The Labute approximate surface area is 205 Å². The fraction of sp³-hybridized carbons (Fsp3) is 0.167. The van der Waals surface area contributed by atoms with Crippen molar-refractivity contribution in [2.75, 3.05) is 19.0 Å². The minimum absolute atomic E-state index is 0.0252. The van der Waals surface area contributed by atoms with Gasteiger partial charge < -0.3 is 10.2 Å². The first-order valence-electron chi connectivity index (χ1n) is 10.6. The minimum atomic E-state index is -4.82. The van der Waals surface area contributed by atoms with Gasteiger partial charge in [0, 0.05) is 37.4 Å². The average Bonchev–Trinajstić information content (AvgIpc) is 2.86. The third-order valence-corrected chi connectivity index (χ3v) is 6.74. The summed E-state index contributed by atoms with van der Waals surface area (Å²) in [7, 11) is -1.28. The highest BCUT2D eigenvalue weighted by Crippen LogP contribution is 2.20. The van der Waals surface area contributed by atoms with Crippen molar-refractivity contribution < 1.29 is 22.0 Å². The number of carbonyl (C=O) groups is 1. The van der Waals surface area contributed by atoms with Crippen LogP contribution in [0.25, 0.3) is 16.7 Å². The molecule has 1 N–H and O–H groups in total. The maximum atomic E-state index is 12.8. The molecule has 4 rings (SSSR count). The smallest absolute Gasteiger partial charge is 0.341 e. The summed E-state index contributed by atoms with van der Waals surface area (Å²) in [4.78, 5) is 35.2. The van der Waals surface area contributed by atoms with Crippen molar-refractivity contribution in [1.82, 2.24) is 19.9 Å². The summed E-state index contributed by atoms with van der Waals surface area (Å²) in [5, 5.41) is 3.31. The van der Waals surface area contributed by atoms with Gasteiger partial charge in [0.25, 0.3) is 11.5 Å². The summed E-state index contributed by atoms with van der Waals surface area (Å²) < 4.78 is 50.4. The maximum absolute atomic E-state index is 12.8. The highest BCUT2D eigenvalue weighted by Gasteiger charge is 2.27. The average molecular weight is 514 g/mol. The van der Waals surface area contributed by atoms with E-state index in [0.29, 0.717) is 22.7 Å². The van der Waals surface area contributed by atoms with Gasteiger partial charge in [-0.15, -0.1) is 0 Å². The Kier molecular flexibility index (Phi) is 6.80. The van der Waals surface area contributed by atoms with Gasteiger partial charge in [-0.05, 0) is 48.5 Å². The number of rotatable bonds is 7. The van der Waals surface area contributed by atoms with Gasteiger partial charge in [-0.2, -0.15) is 8.78 Å². The van der Waals surface area contributed by atoms with Gasteiger partial charge in [0.2, 0.25) is 9.84 Å². The van der Waals surface area contributed by atoms with E-state index in [1.54, 1.807) is 61.7 Å². The molecule has 9 nitrogen and oxygen atoms in total. The number of anilines is 1. The van der Waals surface area contributed by atoms with Crippen molar-refractivity contribution in [3.8, 4) is 5.82 Å². The van der Waals surface area contributed by atoms with E-state index >= 15 is 0 Å². The quantitative estimate of drug-likeness (QED) is 0.404. The standard InChI is InChI=1S/C24H21F2N5O4S/c1-30(2)20-7-4-10-31(23(20)33)21-9-8-16-13-27-17(12-19(16)29-21)14-28-22(32)15-5-3-6-18(11-15)36(34,35)24(25)26/h3-13,24H,14H2,1-2H3,(H,28,32). The van der Waals surface area contributed by atoms with Crippen molar-refractivity contribution in [3.05, 3.63) is 88.6 Å². The van der Waals surface area contributed by atoms with Crippen LogP contribution in [0.5, 0.6) is 0 Å². The molecule has 0 fully saturated rings. The molecule has 36 heavy (non-hydrogen) atoms. The van der Waals surface area contributed by atoms with E-state index in [0.717, 1.165) is 17.5 Å². The lowest BCUT2D eigenvalue weighted by Crippen LogP contribution is -2.26. The van der Waals surface area contributed by atoms with E-state index in [4.69, 9.17) is 0 Å². The molecular formula is C24H21F2N5O4S. The number of nitrogens with zero attached hydrogens (tertiary/aromatic N) is 4. The molecule has 12 heteroatoms. The molecule has 0 spiro atoms. The van der Waals surface area contributed by atoms with Gasteiger partial charge in [-0.3, -0.25) is 19.1 Å². The Morgan fingerprint density at radius 1 is 1.11 bits per heavy atom. The second-order valence-corrected chi connectivity index (χ2v) is 9.93. The molecule has 0 radical (unpaired) electrons. The second kappa shape index (κ2) is 9.82. The Bertz CT molecular complexity index is 1620. The summed E-state index contributed by atoms with van der Waals surface area (Å²) >= 11 is 0. The van der Waals surface area contributed by atoms with Crippen LogP contribution in [0.3, 0.4) is 0 Å². The molecule has 1 amide bonds. The van der Waals surface area contributed by atoms with Gasteiger partial charge >= 0.3 is 5.76 Å². The Morgan fingerprint density at radius 3 is 2.61 bits per heavy atom. The molecule has 0 aliphatic carbocycles. The Morgan fingerprint density at radius 2 is 1.89 bits per heavy atom. The lowest BCUT2D eigenvalue weighted by Gasteiger charge is -2.14. The van der Waals surface area contributed by atoms with Crippen LogP contribution in [0.15, 0.2) is 76.7 Å². The predicted molar refractivity (Wildman–Crippen MR) is 130 cm³/mol. The number of pyridine rings is 3. The fourth-order valence-corrected chi connectivity index (χ4v) is 4.24. The maximum Gasteiger partial charge on any atom is 0.341 e. The summed E-state index contributed by atoms with van der Waals surface area (Å²) in [6.45, 7) is -0.0252. The molecule has 0 atom stereocenters. The first-order valence-corrected chi connectivity index (χ1v) is 12.2. The zero-order valence-electron chi connectivity index (χ0n) is 19.2. The molecule has 3 heterocycles. The van der Waals surface area contributed by atoms with Crippen molar-refractivity contribution in [2.45, 2.75) is 17.2 Å². The summed E-state index contributed by atoms with van der Waals surface area (Å²) in [5.41, 5.74) is 1.18. The third kappa shape index (κ3) is 4.93. The van der Waals surface area contributed by atoms with Gasteiger partial charge in [-0.25, -0.2) is 13.4 Å². The number of carbonyl (C=O) groups excluding carboxylic acids is 1. The number of alkyl halides is 2. The highest BCUT2D eigenvalue weighted by molar-refractivity contribution is 7.91. The SMILES string of the molecule is CN(C)c1cccn(-c2ccc3cnc(CNC(=O)c4cccc(S(=O)(=O)C(F)F)c4)cc3n2)c1=O. The van der Waals surface area contributed by atoms with Crippen molar-refractivity contribution in [3.63, 3.8) is 0 Å². The lowest BCUT2D eigenvalue weighted by molar-refractivity contribution is 0.0950. The number of aromatic nitrogens is 3. The van der Waals surface area contributed by atoms with E-state index in [2.05, 4.69) is 15.3 Å². The van der Waals surface area contributed by atoms with Crippen LogP contribution in [0.2, 0.25) is 0 Å². The van der Waals surface area contributed by atoms with Crippen LogP contribution in [-0.4, -0.2) is 48.7 Å². The van der Waals surface area contributed by atoms with Crippen LogP contribution >= 0.6 is 0 Å². The van der Waals surface area contributed by atoms with Crippen molar-refractivity contribution in [2.24, 2.45) is 0 Å². The number of halogens is 2. The number of sulfone groups is 1. The molecule has 3 aromatic heterocycles. The first-order chi connectivity index (χ1) is 17.1. The Balaban J connectivity index is 1.56. The highest BCUT2D eigenvalue weighted by atomic mass is 32.2. The molecule has 0 aliphatic rings. The van der Waals surface area contributed by atoms with Crippen LogP contribution in [0, 0.1) is 0 Å². The molecule has 0 bridgehead atoms. The fourth-order valence-electron chi connectivity index (χ4n) is 3.47. The molecule has 4 aromatic rings. The number of hydrogen-bond donors (Lipinski definition) is 1. The molecule has 0 aliphatic heterocycles. The summed E-state index contributed by atoms with van der Waals surface area (Å²) in [6, 6.07) is 13.0. The van der Waals surface area contributed by atoms with Crippen LogP contribution in [0.1, 0.15) is 16.1 Å².